The van der Waals surface area contributed by atoms with Crippen LogP contribution in [0.1, 0.15) is 151 Å². The second-order valence-electron chi connectivity index (χ2n) is 12.8. The van der Waals surface area contributed by atoms with Gasteiger partial charge in [0.15, 0.2) is 0 Å². The van der Waals surface area contributed by atoms with E-state index in [2.05, 4.69) is 83.9 Å². The zero-order valence-electron chi connectivity index (χ0n) is 30.3. The molecule has 0 aromatic rings. The van der Waals surface area contributed by atoms with Gasteiger partial charge in [0, 0.05) is 6.42 Å². The third-order valence-electron chi connectivity index (χ3n) is 7.63. The fourth-order valence-corrected chi connectivity index (χ4v) is 5.48. The molecule has 0 saturated carbocycles. The van der Waals surface area contributed by atoms with E-state index in [0.717, 1.165) is 83.5 Å². The van der Waals surface area contributed by atoms with Gasteiger partial charge in [0.2, 0.25) is 0 Å². The number of hydrogen-bond donors (Lipinski definition) is 2. The van der Waals surface area contributed by atoms with Gasteiger partial charge in [0.05, 0.1) is 26.2 Å². The number of carbonyl (C=O) groups is 2. The number of esters is 1. The number of hydrogen-bond acceptors (Lipinski definition) is 5. The normalized spacial score (nSPS) is 14.3. The van der Waals surface area contributed by atoms with Crippen molar-refractivity contribution in [1.29, 1.82) is 0 Å². The van der Waals surface area contributed by atoms with Gasteiger partial charge in [-0.25, -0.2) is 9.65 Å². The molecule has 0 amide bonds. The van der Waals surface area contributed by atoms with Crippen molar-refractivity contribution in [2.45, 2.75) is 151 Å². The summed E-state index contributed by atoms with van der Waals surface area (Å²) in [6.07, 6.45) is 25.7. The van der Waals surface area contributed by atoms with Gasteiger partial charge in [-0.05, 0) is 112 Å². The van der Waals surface area contributed by atoms with Crippen molar-refractivity contribution in [2.75, 3.05) is 19.8 Å². The van der Waals surface area contributed by atoms with Gasteiger partial charge >= 0.3 is 13.7 Å². The molecule has 0 aromatic carbocycles. The van der Waals surface area contributed by atoms with E-state index in [-0.39, 0.29) is 31.8 Å². The number of ketones is 1. The molecule has 0 rings (SSSR count). The van der Waals surface area contributed by atoms with E-state index >= 15 is 0 Å². The van der Waals surface area contributed by atoms with E-state index in [0.29, 0.717) is 13.0 Å². The highest BCUT2D eigenvalue weighted by Crippen LogP contribution is 2.36. The largest absolute Gasteiger partial charge is 0.466 e. The average Bonchev–Trinajstić information content (AvgIpc) is 2.99. The highest BCUT2D eigenvalue weighted by Gasteiger charge is 2.20. The lowest BCUT2D eigenvalue weighted by Gasteiger charge is -2.13. The summed E-state index contributed by atoms with van der Waals surface area (Å²) in [4.78, 5) is 33.7. The summed E-state index contributed by atoms with van der Waals surface area (Å²) < 4.78 is 22.4. The van der Waals surface area contributed by atoms with Crippen molar-refractivity contribution < 1.29 is 28.3 Å². The Labute approximate surface area is 281 Å². The lowest BCUT2D eigenvalue weighted by Crippen LogP contribution is -2.22. The second-order valence-corrected chi connectivity index (χ2v) is 14.4. The quantitative estimate of drug-likeness (QED) is 0.0372. The molecule has 0 radical (unpaired) electrons. The Bertz CT molecular complexity index is 1070. The minimum absolute atomic E-state index is 0.0291. The number of carbonyl (C=O) groups excluding carboxylic acids is 2. The standard InChI is InChI=1S/C38H66NO6P/c1-8-9-10-13-29-44-38(41)28-27-37(40)31-39-46(42,43)45-30-17-26-36(7)25-16-23-34(5)20-12-11-19-33(4)22-15-24-35(6)21-14-18-32(2)3/h18-20,24-25H,8-17,21-23,26-31H2,1-7H3,(H2,39,42,43). The third kappa shape index (κ3) is 29.4. The molecule has 0 aliphatic carbocycles. The summed E-state index contributed by atoms with van der Waals surface area (Å²) in [6, 6.07) is 0. The monoisotopic (exact) mass is 663 g/mol. The molecule has 7 nitrogen and oxygen atoms in total. The second kappa shape index (κ2) is 28.0. The van der Waals surface area contributed by atoms with Crippen LogP contribution < -0.4 is 5.09 Å². The van der Waals surface area contributed by atoms with Crippen LogP contribution in [0.4, 0.5) is 0 Å². The number of ether oxygens (including phenoxy) is 1. The van der Waals surface area contributed by atoms with E-state index in [4.69, 9.17) is 9.26 Å². The van der Waals surface area contributed by atoms with E-state index < -0.39 is 13.7 Å². The van der Waals surface area contributed by atoms with Crippen molar-refractivity contribution in [3.8, 4) is 0 Å². The first-order valence-corrected chi connectivity index (χ1v) is 19.1. The molecule has 0 saturated heterocycles. The van der Waals surface area contributed by atoms with Crippen molar-refractivity contribution >= 4 is 19.5 Å². The Morgan fingerprint density at radius 1 is 0.630 bits per heavy atom. The number of allylic oxidation sites excluding steroid dienone is 10. The maximum atomic E-state index is 12.2. The first-order valence-electron chi connectivity index (χ1n) is 17.5. The molecule has 0 bridgehead atoms. The highest BCUT2D eigenvalue weighted by atomic mass is 31.2. The Balaban J connectivity index is 4.09. The molecule has 1 atom stereocenters. The van der Waals surface area contributed by atoms with Gasteiger partial charge in [-0.3, -0.25) is 14.1 Å². The highest BCUT2D eigenvalue weighted by molar-refractivity contribution is 7.50. The number of Topliss-reactive ketones (excluding diaryl/α,β-unsaturated/α-hetero) is 1. The Morgan fingerprint density at radius 3 is 1.70 bits per heavy atom. The minimum atomic E-state index is -4.08. The predicted molar refractivity (Wildman–Crippen MR) is 194 cm³/mol. The summed E-state index contributed by atoms with van der Waals surface area (Å²) >= 11 is 0. The molecule has 46 heavy (non-hydrogen) atoms. The third-order valence-corrected chi connectivity index (χ3v) is 8.72. The molecule has 0 aromatic heterocycles. The van der Waals surface area contributed by atoms with Crippen LogP contribution >= 0.6 is 7.75 Å². The summed E-state index contributed by atoms with van der Waals surface area (Å²) in [5, 5.41) is 2.29. The fourth-order valence-electron chi connectivity index (χ4n) is 4.64. The van der Waals surface area contributed by atoms with Crippen molar-refractivity contribution in [3.05, 3.63) is 58.2 Å². The molecule has 0 fully saturated rings. The fraction of sp³-hybridized carbons (Fsp3) is 0.684. The van der Waals surface area contributed by atoms with Gasteiger partial charge in [-0.15, -0.1) is 0 Å². The topological polar surface area (TPSA) is 102 Å². The Hall–Kier alpha value is -2.05. The average molecular weight is 664 g/mol. The summed E-state index contributed by atoms with van der Waals surface area (Å²) in [5.41, 5.74) is 6.96. The SMILES string of the molecule is CCCCCCOC(=O)CCC(=O)CNP(=O)(O)OCCCC(C)=CCCC(C)=CCCC=C(C)CCC=C(C)CCC=C(C)C. The van der Waals surface area contributed by atoms with Crippen molar-refractivity contribution in [3.63, 3.8) is 0 Å². The maximum absolute atomic E-state index is 12.2. The molecule has 0 aliphatic heterocycles. The molecule has 264 valence electrons. The van der Waals surface area contributed by atoms with Gasteiger partial charge in [0.1, 0.15) is 5.78 Å². The molecule has 8 heteroatoms. The first-order chi connectivity index (χ1) is 21.8. The van der Waals surface area contributed by atoms with Crippen LogP contribution in [-0.4, -0.2) is 36.4 Å². The molecular formula is C38H66NO6P. The van der Waals surface area contributed by atoms with Crippen molar-refractivity contribution in [1.82, 2.24) is 5.09 Å². The van der Waals surface area contributed by atoms with E-state index in [1.165, 1.54) is 27.9 Å². The lowest BCUT2D eigenvalue weighted by molar-refractivity contribution is -0.144. The molecule has 0 aliphatic rings. The predicted octanol–water partition coefficient (Wildman–Crippen LogP) is 10.8. The lowest BCUT2D eigenvalue weighted by atomic mass is 10.0. The molecule has 1 unspecified atom stereocenters. The zero-order valence-corrected chi connectivity index (χ0v) is 31.2. The van der Waals surface area contributed by atoms with E-state index in [9.17, 15) is 19.0 Å². The van der Waals surface area contributed by atoms with Gasteiger partial charge < -0.3 is 9.63 Å². The number of rotatable bonds is 28. The maximum Gasteiger partial charge on any atom is 0.403 e. The molecule has 0 spiro atoms. The number of nitrogens with one attached hydrogen (secondary N) is 1. The summed E-state index contributed by atoms with van der Waals surface area (Å²) in [6.45, 7) is 15.3. The van der Waals surface area contributed by atoms with Crippen LogP contribution in [0.15, 0.2) is 58.2 Å². The molecule has 2 N–H and O–H groups in total. The number of unbranched alkanes of at least 4 members (excludes halogenated alkanes) is 4. The van der Waals surface area contributed by atoms with Crippen LogP contribution in [0.3, 0.4) is 0 Å². The smallest absolute Gasteiger partial charge is 0.403 e. The van der Waals surface area contributed by atoms with Crippen LogP contribution in [0.25, 0.3) is 0 Å². The Morgan fingerprint density at radius 2 is 1.15 bits per heavy atom. The van der Waals surface area contributed by atoms with Gasteiger partial charge in [0.25, 0.3) is 0 Å². The van der Waals surface area contributed by atoms with Crippen LogP contribution in [0.2, 0.25) is 0 Å². The van der Waals surface area contributed by atoms with Gasteiger partial charge in [-0.1, -0.05) is 84.4 Å². The van der Waals surface area contributed by atoms with Crippen LogP contribution in [0, 0.1) is 0 Å². The summed E-state index contributed by atoms with van der Waals surface area (Å²) in [7, 11) is -4.08. The first kappa shape index (κ1) is 43.9. The minimum Gasteiger partial charge on any atom is -0.466 e. The summed E-state index contributed by atoms with van der Waals surface area (Å²) in [5.74, 6) is -0.757. The van der Waals surface area contributed by atoms with E-state index in [1.54, 1.807) is 0 Å². The van der Waals surface area contributed by atoms with Crippen LogP contribution in [0.5, 0.6) is 0 Å². The zero-order chi connectivity index (χ0) is 34.6. The van der Waals surface area contributed by atoms with Gasteiger partial charge in [-0.2, -0.15) is 0 Å². The molecular weight excluding hydrogens is 597 g/mol. The molecule has 0 heterocycles. The van der Waals surface area contributed by atoms with Crippen LogP contribution in [-0.2, 0) is 23.4 Å². The Kier molecular flexibility index (Phi) is 26.8. The van der Waals surface area contributed by atoms with E-state index in [1.807, 2.05) is 0 Å². The van der Waals surface area contributed by atoms with Crippen molar-refractivity contribution in [2.24, 2.45) is 0 Å².